The molecule has 23 heavy (non-hydrogen) atoms. The first-order chi connectivity index (χ1) is 11.2. The monoisotopic (exact) mass is 330 g/mol. The van der Waals surface area contributed by atoms with Crippen molar-refractivity contribution in [2.24, 2.45) is 0 Å². The van der Waals surface area contributed by atoms with Gasteiger partial charge in [-0.15, -0.1) is 0 Å². The van der Waals surface area contributed by atoms with Gasteiger partial charge in [-0.25, -0.2) is 0 Å². The Kier molecular flexibility index (Phi) is 5.03. The zero-order valence-electron chi connectivity index (χ0n) is 12.8. The quantitative estimate of drug-likeness (QED) is 0.835. The molecule has 1 aromatic heterocycles. The van der Waals surface area contributed by atoms with E-state index in [2.05, 4.69) is 10.2 Å². The van der Waals surface area contributed by atoms with Gasteiger partial charge < -0.3 is 14.6 Å². The largest absolute Gasteiger partial charge is 0.465 e. The van der Waals surface area contributed by atoms with Gasteiger partial charge in [0.25, 0.3) is 0 Å². The Morgan fingerprint density at radius 2 is 2.04 bits per heavy atom. The number of benzene rings is 1. The van der Waals surface area contributed by atoms with E-state index in [4.69, 9.17) is 16.0 Å². The van der Waals surface area contributed by atoms with E-state index in [0.717, 1.165) is 24.5 Å². The highest BCUT2D eigenvalue weighted by Crippen LogP contribution is 2.31. The van der Waals surface area contributed by atoms with Crippen LogP contribution in [-0.4, -0.2) is 19.0 Å². The lowest BCUT2D eigenvalue weighted by Gasteiger charge is -2.30. The molecule has 5 heteroatoms. The Balaban J connectivity index is 1.75. The van der Waals surface area contributed by atoms with E-state index in [-0.39, 0.29) is 5.91 Å². The standard InChI is InChI=1S/C18H19ClN2O2/c19-14-6-8-17(21-10-2-1-3-11-21)16(13-14)20-18(22)9-7-15-5-4-12-23-15/h4-9,12-13H,1-3,10-11H2,(H,20,22)/b9-7+. The molecule has 1 amide bonds. The summed E-state index contributed by atoms with van der Waals surface area (Å²) in [5, 5.41) is 3.53. The highest BCUT2D eigenvalue weighted by atomic mass is 35.5. The van der Waals surface area contributed by atoms with Crippen LogP contribution in [0.25, 0.3) is 6.08 Å². The molecule has 1 aliphatic rings. The van der Waals surface area contributed by atoms with Gasteiger partial charge in [-0.05, 0) is 55.7 Å². The first-order valence-electron chi connectivity index (χ1n) is 7.79. The van der Waals surface area contributed by atoms with Gasteiger partial charge in [-0.1, -0.05) is 11.6 Å². The predicted molar refractivity (Wildman–Crippen MR) is 93.9 cm³/mol. The zero-order valence-corrected chi connectivity index (χ0v) is 13.6. The second-order valence-electron chi connectivity index (χ2n) is 5.55. The van der Waals surface area contributed by atoms with Gasteiger partial charge >= 0.3 is 0 Å². The van der Waals surface area contributed by atoms with Crippen molar-refractivity contribution >= 4 is 35.0 Å². The number of piperidine rings is 1. The summed E-state index contributed by atoms with van der Waals surface area (Å²) >= 11 is 6.09. The fourth-order valence-corrected chi connectivity index (χ4v) is 2.91. The summed E-state index contributed by atoms with van der Waals surface area (Å²) in [7, 11) is 0. The first-order valence-corrected chi connectivity index (χ1v) is 8.17. The average Bonchev–Trinajstić information content (AvgIpc) is 3.07. The molecule has 0 unspecified atom stereocenters. The lowest BCUT2D eigenvalue weighted by Crippen LogP contribution is -2.30. The lowest BCUT2D eigenvalue weighted by molar-refractivity contribution is -0.111. The third-order valence-corrected chi connectivity index (χ3v) is 4.09. The van der Waals surface area contributed by atoms with E-state index in [0.29, 0.717) is 10.8 Å². The minimum atomic E-state index is -0.207. The minimum Gasteiger partial charge on any atom is -0.465 e. The van der Waals surface area contributed by atoms with Crippen LogP contribution in [-0.2, 0) is 4.79 Å². The van der Waals surface area contributed by atoms with Gasteiger partial charge in [0.1, 0.15) is 5.76 Å². The van der Waals surface area contributed by atoms with Crippen LogP contribution in [0.3, 0.4) is 0 Å². The van der Waals surface area contributed by atoms with Gasteiger partial charge in [0, 0.05) is 24.2 Å². The van der Waals surface area contributed by atoms with Crippen LogP contribution in [0, 0.1) is 0 Å². The van der Waals surface area contributed by atoms with Crippen molar-refractivity contribution in [1.29, 1.82) is 0 Å². The molecule has 0 aliphatic carbocycles. The lowest BCUT2D eigenvalue weighted by atomic mass is 10.1. The van der Waals surface area contributed by atoms with E-state index in [9.17, 15) is 4.79 Å². The number of nitrogens with zero attached hydrogens (tertiary/aromatic N) is 1. The van der Waals surface area contributed by atoms with Crippen molar-refractivity contribution in [2.75, 3.05) is 23.3 Å². The summed E-state index contributed by atoms with van der Waals surface area (Å²) in [5.74, 6) is 0.435. The van der Waals surface area contributed by atoms with Crippen molar-refractivity contribution in [1.82, 2.24) is 0 Å². The summed E-state index contributed by atoms with van der Waals surface area (Å²) in [6, 6.07) is 9.20. The molecule has 0 atom stereocenters. The molecule has 0 spiro atoms. The SMILES string of the molecule is O=C(/C=C/c1ccco1)Nc1cc(Cl)ccc1N1CCCCC1. The number of carbonyl (C=O) groups excluding carboxylic acids is 1. The number of anilines is 2. The number of carbonyl (C=O) groups is 1. The summed E-state index contributed by atoms with van der Waals surface area (Å²) in [6.45, 7) is 2.01. The van der Waals surface area contributed by atoms with Gasteiger partial charge in [0.05, 0.1) is 17.6 Å². The topological polar surface area (TPSA) is 45.5 Å². The van der Waals surface area contributed by atoms with E-state index >= 15 is 0 Å². The molecular weight excluding hydrogens is 312 g/mol. The Labute approximate surface area is 140 Å². The van der Waals surface area contributed by atoms with Crippen LogP contribution in [0.1, 0.15) is 25.0 Å². The normalized spacial score (nSPS) is 15.1. The van der Waals surface area contributed by atoms with Gasteiger partial charge in [-0.3, -0.25) is 4.79 Å². The summed E-state index contributed by atoms with van der Waals surface area (Å²) in [5.41, 5.74) is 1.77. The highest BCUT2D eigenvalue weighted by molar-refractivity contribution is 6.31. The number of hydrogen-bond acceptors (Lipinski definition) is 3. The van der Waals surface area contributed by atoms with Crippen molar-refractivity contribution < 1.29 is 9.21 Å². The van der Waals surface area contributed by atoms with Crippen LogP contribution in [0.4, 0.5) is 11.4 Å². The van der Waals surface area contributed by atoms with E-state index in [1.807, 2.05) is 12.1 Å². The van der Waals surface area contributed by atoms with E-state index in [1.165, 1.54) is 25.3 Å². The zero-order chi connectivity index (χ0) is 16.1. The van der Waals surface area contributed by atoms with E-state index in [1.54, 1.807) is 30.5 Å². The van der Waals surface area contributed by atoms with E-state index < -0.39 is 0 Å². The van der Waals surface area contributed by atoms with Gasteiger partial charge in [0.15, 0.2) is 0 Å². The molecule has 0 saturated carbocycles. The molecule has 4 nitrogen and oxygen atoms in total. The molecule has 120 valence electrons. The number of nitrogens with one attached hydrogen (secondary N) is 1. The summed E-state index contributed by atoms with van der Waals surface area (Å²) < 4.78 is 5.18. The Morgan fingerprint density at radius 3 is 2.78 bits per heavy atom. The van der Waals surface area contributed by atoms with Crippen molar-refractivity contribution in [3.63, 3.8) is 0 Å². The third kappa shape index (κ3) is 4.17. The van der Waals surface area contributed by atoms with Crippen molar-refractivity contribution in [3.05, 3.63) is 53.5 Å². The Hall–Kier alpha value is -2.20. The molecule has 1 N–H and O–H groups in total. The van der Waals surface area contributed by atoms with Crippen LogP contribution in [0.2, 0.25) is 5.02 Å². The maximum absolute atomic E-state index is 12.2. The number of rotatable bonds is 4. The maximum Gasteiger partial charge on any atom is 0.248 e. The number of halogens is 1. The number of furan rings is 1. The molecule has 0 radical (unpaired) electrons. The number of hydrogen-bond donors (Lipinski definition) is 1. The van der Waals surface area contributed by atoms with Crippen LogP contribution >= 0.6 is 11.6 Å². The van der Waals surface area contributed by atoms with Gasteiger partial charge in [-0.2, -0.15) is 0 Å². The second kappa shape index (κ2) is 7.38. The van der Waals surface area contributed by atoms with Crippen molar-refractivity contribution in [3.8, 4) is 0 Å². The predicted octanol–water partition coefficient (Wildman–Crippen LogP) is 4.58. The summed E-state index contributed by atoms with van der Waals surface area (Å²) in [6.07, 6.45) is 8.28. The van der Waals surface area contributed by atoms with Gasteiger partial charge in [0.2, 0.25) is 5.91 Å². The molecular formula is C18H19ClN2O2. The molecule has 0 bridgehead atoms. The maximum atomic E-state index is 12.2. The fraction of sp³-hybridized carbons (Fsp3) is 0.278. The minimum absolute atomic E-state index is 0.207. The molecule has 1 aliphatic heterocycles. The number of amides is 1. The van der Waals surface area contributed by atoms with Crippen LogP contribution < -0.4 is 10.2 Å². The molecule has 1 fully saturated rings. The fourth-order valence-electron chi connectivity index (χ4n) is 2.74. The molecule has 1 aromatic carbocycles. The molecule has 2 aromatic rings. The van der Waals surface area contributed by atoms with Crippen LogP contribution in [0.15, 0.2) is 47.1 Å². The molecule has 1 saturated heterocycles. The first kappa shape index (κ1) is 15.7. The Morgan fingerprint density at radius 1 is 1.22 bits per heavy atom. The Bertz CT molecular complexity index is 689. The average molecular weight is 331 g/mol. The highest BCUT2D eigenvalue weighted by Gasteiger charge is 2.15. The van der Waals surface area contributed by atoms with Crippen molar-refractivity contribution in [2.45, 2.75) is 19.3 Å². The summed E-state index contributed by atoms with van der Waals surface area (Å²) in [4.78, 5) is 14.5. The van der Waals surface area contributed by atoms with Crippen LogP contribution in [0.5, 0.6) is 0 Å². The molecule has 2 heterocycles. The molecule has 3 rings (SSSR count). The smallest absolute Gasteiger partial charge is 0.248 e. The third-order valence-electron chi connectivity index (χ3n) is 3.86. The second-order valence-corrected chi connectivity index (χ2v) is 5.98.